The van der Waals surface area contributed by atoms with Gasteiger partial charge in [0.05, 0.1) is 23.7 Å². The molecular weight excluding hydrogens is 426 g/mol. The Balaban J connectivity index is 2.24. The van der Waals surface area contributed by atoms with Crippen molar-refractivity contribution in [3.05, 3.63) is 81.8 Å². The van der Waals surface area contributed by atoms with Gasteiger partial charge in [-0.05, 0) is 26.3 Å². The van der Waals surface area contributed by atoms with Crippen LogP contribution in [0.3, 0.4) is 0 Å². The first kappa shape index (κ1) is 23.8. The van der Waals surface area contributed by atoms with Crippen LogP contribution in [0, 0.1) is 16.0 Å². The zero-order valence-electron chi connectivity index (χ0n) is 18.8. The van der Waals surface area contributed by atoms with Gasteiger partial charge in [0, 0.05) is 35.9 Å². The van der Waals surface area contributed by atoms with Gasteiger partial charge in [0.15, 0.2) is 18.9 Å². The van der Waals surface area contributed by atoms with E-state index in [-0.39, 0.29) is 31.0 Å². The largest absolute Gasteiger partial charge is 0.465 e. The molecule has 1 aromatic carbocycles. The highest BCUT2D eigenvalue weighted by atomic mass is 16.6. The molecule has 33 heavy (non-hydrogen) atoms. The third-order valence-corrected chi connectivity index (χ3v) is 5.30. The molecule has 1 aromatic heterocycles. The maximum absolute atomic E-state index is 13.2. The summed E-state index contributed by atoms with van der Waals surface area (Å²) in [5.74, 6) is -2.94. The number of benzene rings is 1. The molecule has 9 heteroatoms. The lowest BCUT2D eigenvalue weighted by Gasteiger charge is -2.31. The first-order chi connectivity index (χ1) is 15.9. The number of non-ortho nitro benzene ring substituents is 1. The van der Waals surface area contributed by atoms with Crippen molar-refractivity contribution in [1.82, 2.24) is 0 Å². The van der Waals surface area contributed by atoms with E-state index in [1.54, 1.807) is 26.8 Å². The minimum Gasteiger partial charge on any atom is -0.465 e. The SMILES string of the molecule is CCOC(=O)C1=C(C[n+]2ccccc2)N=C(C)C(C(=O)OCC)C1c1cccc([N+](=O)[O-])c1. The number of aliphatic imine (C=N–C) groups is 1. The lowest BCUT2D eigenvalue weighted by molar-refractivity contribution is -0.689. The summed E-state index contributed by atoms with van der Waals surface area (Å²) in [7, 11) is 0. The third-order valence-electron chi connectivity index (χ3n) is 5.30. The second kappa shape index (κ2) is 10.6. The molecule has 2 aromatic rings. The molecule has 0 saturated heterocycles. The van der Waals surface area contributed by atoms with Crippen LogP contribution in [0.15, 0.2) is 71.1 Å². The Kier molecular flexibility index (Phi) is 7.66. The number of nitro benzene ring substituents is 1. The predicted octanol–water partition coefficient (Wildman–Crippen LogP) is 3.14. The number of nitrogens with zero attached hydrogens (tertiary/aromatic N) is 3. The minimum absolute atomic E-state index is 0.128. The van der Waals surface area contributed by atoms with Crippen molar-refractivity contribution in [1.29, 1.82) is 0 Å². The second-order valence-electron chi connectivity index (χ2n) is 7.44. The normalized spacial score (nSPS) is 17.8. The van der Waals surface area contributed by atoms with Crippen LogP contribution in [0.5, 0.6) is 0 Å². The summed E-state index contributed by atoms with van der Waals surface area (Å²) in [6.07, 6.45) is 3.67. The van der Waals surface area contributed by atoms with Gasteiger partial charge in [0.25, 0.3) is 5.69 Å². The quantitative estimate of drug-likeness (QED) is 0.263. The Morgan fingerprint density at radius 3 is 2.42 bits per heavy atom. The van der Waals surface area contributed by atoms with Crippen LogP contribution in [0.2, 0.25) is 0 Å². The van der Waals surface area contributed by atoms with E-state index in [2.05, 4.69) is 4.99 Å². The fraction of sp³-hybridized carbons (Fsp3) is 0.333. The zero-order valence-corrected chi connectivity index (χ0v) is 18.8. The molecule has 0 fully saturated rings. The van der Waals surface area contributed by atoms with E-state index >= 15 is 0 Å². The molecule has 0 spiro atoms. The molecule has 2 heterocycles. The number of carbonyl (C=O) groups is 2. The molecule has 2 unspecified atom stereocenters. The minimum atomic E-state index is -0.920. The third kappa shape index (κ3) is 5.31. The topological polar surface area (TPSA) is 112 Å². The number of rotatable bonds is 8. The standard InChI is InChI=1S/C24H26N3O6/c1-4-32-23(28)20-16(3)25-19(15-26-12-7-6-8-13-26)22(24(29)33-5-2)21(20)17-10-9-11-18(14-17)27(30)31/h6-14,20-21H,4-5,15H2,1-3H3/q+1. The van der Waals surface area contributed by atoms with E-state index in [0.717, 1.165) is 0 Å². The van der Waals surface area contributed by atoms with Crippen molar-refractivity contribution < 1.29 is 28.6 Å². The number of aromatic nitrogens is 1. The highest BCUT2D eigenvalue weighted by molar-refractivity contribution is 6.07. The Hall–Kier alpha value is -3.88. The van der Waals surface area contributed by atoms with Gasteiger partial charge in [0.1, 0.15) is 11.6 Å². The molecule has 1 aliphatic heterocycles. The zero-order chi connectivity index (χ0) is 24.0. The molecule has 3 rings (SSSR count). The fourth-order valence-corrected chi connectivity index (χ4v) is 3.95. The highest BCUT2D eigenvalue weighted by Crippen LogP contribution is 2.41. The summed E-state index contributed by atoms with van der Waals surface area (Å²) >= 11 is 0. The monoisotopic (exact) mass is 452 g/mol. The molecule has 0 aliphatic carbocycles. The van der Waals surface area contributed by atoms with Gasteiger partial charge < -0.3 is 9.47 Å². The van der Waals surface area contributed by atoms with Gasteiger partial charge >= 0.3 is 11.9 Å². The van der Waals surface area contributed by atoms with Crippen LogP contribution in [-0.4, -0.2) is 35.8 Å². The number of esters is 2. The maximum Gasteiger partial charge on any atom is 0.336 e. The first-order valence-corrected chi connectivity index (χ1v) is 10.7. The number of nitro groups is 1. The summed E-state index contributed by atoms with van der Waals surface area (Å²) < 4.78 is 12.5. The fourth-order valence-electron chi connectivity index (χ4n) is 3.95. The van der Waals surface area contributed by atoms with Gasteiger partial charge in [-0.3, -0.25) is 19.9 Å². The van der Waals surface area contributed by atoms with Crippen LogP contribution >= 0.6 is 0 Å². The molecule has 0 saturated carbocycles. The summed E-state index contributed by atoms with van der Waals surface area (Å²) in [6.45, 7) is 5.61. The van der Waals surface area contributed by atoms with Crippen LogP contribution in [0.25, 0.3) is 0 Å². The van der Waals surface area contributed by atoms with E-state index in [1.807, 2.05) is 35.2 Å². The van der Waals surface area contributed by atoms with Crippen molar-refractivity contribution in [3.8, 4) is 0 Å². The smallest absolute Gasteiger partial charge is 0.336 e. The number of ether oxygens (including phenoxy) is 2. The average Bonchev–Trinajstić information content (AvgIpc) is 2.79. The summed E-state index contributed by atoms with van der Waals surface area (Å²) in [5.41, 5.74) is 1.38. The molecule has 1 aliphatic rings. The Bertz CT molecular complexity index is 1110. The van der Waals surface area contributed by atoms with E-state index in [4.69, 9.17) is 9.47 Å². The average molecular weight is 452 g/mol. The number of pyridine rings is 1. The van der Waals surface area contributed by atoms with Gasteiger partial charge in [-0.25, -0.2) is 4.79 Å². The summed E-state index contributed by atoms with van der Waals surface area (Å²) in [6, 6.07) is 11.5. The number of carbonyl (C=O) groups excluding carboxylic acids is 2. The van der Waals surface area contributed by atoms with E-state index in [1.165, 1.54) is 18.2 Å². The van der Waals surface area contributed by atoms with Crippen molar-refractivity contribution in [2.24, 2.45) is 10.9 Å². The Morgan fingerprint density at radius 1 is 1.09 bits per heavy atom. The predicted molar refractivity (Wildman–Crippen MR) is 119 cm³/mol. The van der Waals surface area contributed by atoms with Crippen molar-refractivity contribution >= 4 is 23.3 Å². The molecule has 0 N–H and O–H groups in total. The summed E-state index contributed by atoms with van der Waals surface area (Å²) in [5, 5.41) is 11.4. The number of allylic oxidation sites excluding steroid dienone is 1. The summed E-state index contributed by atoms with van der Waals surface area (Å²) in [4.78, 5) is 41.7. The molecule has 172 valence electrons. The van der Waals surface area contributed by atoms with Crippen LogP contribution < -0.4 is 4.57 Å². The number of hydrogen-bond donors (Lipinski definition) is 0. The molecule has 0 radical (unpaired) electrons. The lowest BCUT2D eigenvalue weighted by atomic mass is 9.75. The number of hydrogen-bond acceptors (Lipinski definition) is 7. The van der Waals surface area contributed by atoms with Crippen LogP contribution in [0.1, 0.15) is 32.3 Å². The highest BCUT2D eigenvalue weighted by Gasteiger charge is 2.44. The Labute approximate surface area is 191 Å². The van der Waals surface area contributed by atoms with Crippen LogP contribution in [0.4, 0.5) is 5.69 Å². The molecule has 0 amide bonds. The van der Waals surface area contributed by atoms with Gasteiger partial charge in [0.2, 0.25) is 0 Å². The molecule has 2 atom stereocenters. The van der Waals surface area contributed by atoms with Crippen LogP contribution in [-0.2, 0) is 25.6 Å². The van der Waals surface area contributed by atoms with Crippen molar-refractivity contribution in [2.75, 3.05) is 13.2 Å². The van der Waals surface area contributed by atoms with E-state index in [0.29, 0.717) is 17.0 Å². The lowest BCUT2D eigenvalue weighted by Crippen LogP contribution is -2.40. The molecule has 9 nitrogen and oxygen atoms in total. The van der Waals surface area contributed by atoms with Gasteiger partial charge in [-0.15, -0.1) is 0 Å². The van der Waals surface area contributed by atoms with Gasteiger partial charge in [-0.2, -0.15) is 4.57 Å². The van der Waals surface area contributed by atoms with Crippen molar-refractivity contribution in [2.45, 2.75) is 33.2 Å². The first-order valence-electron chi connectivity index (χ1n) is 10.7. The van der Waals surface area contributed by atoms with Crippen molar-refractivity contribution in [3.63, 3.8) is 0 Å². The van der Waals surface area contributed by atoms with E-state index in [9.17, 15) is 19.7 Å². The Morgan fingerprint density at radius 2 is 1.79 bits per heavy atom. The second-order valence-corrected chi connectivity index (χ2v) is 7.44. The van der Waals surface area contributed by atoms with E-state index < -0.39 is 28.7 Å². The molecule has 0 bridgehead atoms. The molecular formula is C24H26N3O6+. The van der Waals surface area contributed by atoms with Gasteiger partial charge in [-0.1, -0.05) is 18.2 Å². The maximum atomic E-state index is 13.2.